The fourth-order valence-corrected chi connectivity index (χ4v) is 3.13. The second kappa shape index (κ2) is 7.34. The van der Waals surface area contributed by atoms with Crippen molar-refractivity contribution in [2.75, 3.05) is 0 Å². The van der Waals surface area contributed by atoms with Crippen LogP contribution in [0.4, 0.5) is 0 Å². The number of benzene rings is 1. The van der Waals surface area contributed by atoms with Crippen LogP contribution in [0.25, 0.3) is 5.69 Å². The number of imidazole rings is 1. The Hall–Kier alpha value is -2.89. The molecule has 0 aliphatic heterocycles. The maximum atomic E-state index is 12.5. The maximum absolute atomic E-state index is 12.5. The molecule has 6 heteroatoms. The lowest BCUT2D eigenvalue weighted by Gasteiger charge is -2.26. The van der Waals surface area contributed by atoms with E-state index in [4.69, 9.17) is 0 Å². The first-order valence-corrected chi connectivity index (χ1v) is 8.32. The molecule has 6 nitrogen and oxygen atoms in total. The van der Waals surface area contributed by atoms with E-state index in [1.165, 1.54) is 0 Å². The molecule has 0 fully saturated rings. The molecular weight excluding hydrogens is 318 g/mol. The van der Waals surface area contributed by atoms with Crippen LogP contribution in [0.1, 0.15) is 31.4 Å². The van der Waals surface area contributed by atoms with Crippen molar-refractivity contribution in [3.63, 3.8) is 0 Å². The normalized spacial score (nSPS) is 20.8. The Balaban J connectivity index is 1.67. The molecule has 3 atom stereocenters. The number of nitrogens with one attached hydrogen (secondary N) is 1. The van der Waals surface area contributed by atoms with Crippen molar-refractivity contribution in [3.8, 4) is 5.69 Å². The Labute approximate surface area is 146 Å². The minimum absolute atomic E-state index is 0.190. The van der Waals surface area contributed by atoms with E-state index in [0.717, 1.165) is 11.3 Å². The zero-order chi connectivity index (χ0) is 17.8. The summed E-state index contributed by atoms with van der Waals surface area (Å²) in [6.07, 6.45) is 9.89. The van der Waals surface area contributed by atoms with Crippen molar-refractivity contribution in [2.24, 2.45) is 11.8 Å². The Morgan fingerprint density at radius 1 is 1.20 bits per heavy atom. The van der Waals surface area contributed by atoms with Crippen molar-refractivity contribution >= 4 is 11.9 Å². The number of carboxylic acid groups (broad SMARTS) is 1. The van der Waals surface area contributed by atoms with Gasteiger partial charge in [-0.15, -0.1) is 0 Å². The summed E-state index contributed by atoms with van der Waals surface area (Å²) in [5.41, 5.74) is 1.96. The smallest absolute Gasteiger partial charge is 0.307 e. The molecule has 2 N–H and O–H groups in total. The van der Waals surface area contributed by atoms with E-state index in [0.29, 0.717) is 12.8 Å². The minimum Gasteiger partial charge on any atom is -0.481 e. The number of allylic oxidation sites excluding steroid dienone is 2. The van der Waals surface area contributed by atoms with Crippen LogP contribution < -0.4 is 5.32 Å². The predicted octanol–water partition coefficient (Wildman–Crippen LogP) is 2.72. The SMILES string of the molecule is C[C@H](NC(=O)[C@@H]1CC=CC[C@@H]1C(=O)O)c1ccc(-n2ccnc2)cc1. The molecule has 0 saturated heterocycles. The minimum atomic E-state index is -0.915. The average Bonchev–Trinajstić information content (AvgIpc) is 3.16. The van der Waals surface area contributed by atoms with Gasteiger partial charge in [0.25, 0.3) is 0 Å². The summed E-state index contributed by atoms with van der Waals surface area (Å²) >= 11 is 0. The van der Waals surface area contributed by atoms with Crippen LogP contribution in [0.3, 0.4) is 0 Å². The second-order valence-corrected chi connectivity index (χ2v) is 6.29. The molecule has 1 aliphatic rings. The molecule has 25 heavy (non-hydrogen) atoms. The van der Waals surface area contributed by atoms with E-state index in [2.05, 4.69) is 10.3 Å². The molecule has 2 aromatic rings. The summed E-state index contributed by atoms with van der Waals surface area (Å²) in [4.78, 5) is 27.9. The van der Waals surface area contributed by atoms with E-state index in [1.54, 1.807) is 12.5 Å². The molecule has 1 aromatic heterocycles. The summed E-state index contributed by atoms with van der Waals surface area (Å²) in [5.74, 6) is -2.29. The van der Waals surface area contributed by atoms with Crippen molar-refractivity contribution in [3.05, 3.63) is 60.7 Å². The Morgan fingerprint density at radius 3 is 2.48 bits per heavy atom. The van der Waals surface area contributed by atoms with E-state index in [9.17, 15) is 14.7 Å². The molecule has 0 saturated carbocycles. The molecule has 0 spiro atoms. The highest BCUT2D eigenvalue weighted by Gasteiger charge is 2.34. The predicted molar refractivity (Wildman–Crippen MR) is 93.1 cm³/mol. The third-order valence-electron chi connectivity index (χ3n) is 4.64. The average molecular weight is 339 g/mol. The van der Waals surface area contributed by atoms with Gasteiger partial charge in [-0.25, -0.2) is 4.98 Å². The van der Waals surface area contributed by atoms with Gasteiger partial charge in [0.1, 0.15) is 0 Å². The number of hydrogen-bond acceptors (Lipinski definition) is 3. The first kappa shape index (κ1) is 17.0. The van der Waals surface area contributed by atoms with Gasteiger partial charge in [-0.1, -0.05) is 24.3 Å². The van der Waals surface area contributed by atoms with Gasteiger partial charge >= 0.3 is 5.97 Å². The second-order valence-electron chi connectivity index (χ2n) is 6.29. The number of rotatable bonds is 5. The number of carbonyl (C=O) groups excluding carboxylic acids is 1. The van der Waals surface area contributed by atoms with Gasteiger partial charge in [0.05, 0.1) is 24.2 Å². The van der Waals surface area contributed by atoms with Crippen molar-refractivity contribution in [1.82, 2.24) is 14.9 Å². The molecule has 1 aromatic carbocycles. The molecule has 1 heterocycles. The van der Waals surface area contributed by atoms with Crippen LogP contribution in [0.2, 0.25) is 0 Å². The zero-order valence-electron chi connectivity index (χ0n) is 14.0. The number of carboxylic acids is 1. The number of aromatic nitrogens is 2. The monoisotopic (exact) mass is 339 g/mol. The number of carbonyl (C=O) groups is 2. The number of aliphatic carboxylic acids is 1. The van der Waals surface area contributed by atoms with Gasteiger partial charge in [0, 0.05) is 18.1 Å². The van der Waals surface area contributed by atoms with Crippen molar-refractivity contribution < 1.29 is 14.7 Å². The Morgan fingerprint density at radius 2 is 1.88 bits per heavy atom. The Kier molecular flexibility index (Phi) is 4.97. The third kappa shape index (κ3) is 3.79. The molecule has 0 radical (unpaired) electrons. The largest absolute Gasteiger partial charge is 0.481 e. The van der Waals surface area contributed by atoms with Crippen LogP contribution in [-0.4, -0.2) is 26.5 Å². The number of hydrogen-bond donors (Lipinski definition) is 2. The van der Waals surface area contributed by atoms with Gasteiger partial charge in [0.15, 0.2) is 0 Å². The van der Waals surface area contributed by atoms with E-state index in [1.807, 2.05) is 54.1 Å². The lowest BCUT2D eigenvalue weighted by Crippen LogP contribution is -2.39. The summed E-state index contributed by atoms with van der Waals surface area (Å²) in [5, 5.41) is 12.3. The third-order valence-corrected chi connectivity index (χ3v) is 4.64. The maximum Gasteiger partial charge on any atom is 0.307 e. The zero-order valence-corrected chi connectivity index (χ0v) is 14.0. The quantitative estimate of drug-likeness (QED) is 0.820. The highest BCUT2D eigenvalue weighted by molar-refractivity contribution is 5.85. The van der Waals surface area contributed by atoms with Gasteiger partial charge in [-0.3, -0.25) is 9.59 Å². The van der Waals surface area contributed by atoms with Gasteiger partial charge < -0.3 is 15.0 Å². The lowest BCUT2D eigenvalue weighted by molar-refractivity contribution is -0.147. The summed E-state index contributed by atoms with van der Waals surface area (Å²) in [7, 11) is 0. The first-order chi connectivity index (χ1) is 12.1. The highest BCUT2D eigenvalue weighted by Crippen LogP contribution is 2.27. The molecule has 1 aliphatic carbocycles. The molecular formula is C19H21N3O3. The molecule has 3 rings (SSSR count). The lowest BCUT2D eigenvalue weighted by atomic mass is 9.82. The van der Waals surface area contributed by atoms with Crippen LogP contribution in [0, 0.1) is 11.8 Å². The topological polar surface area (TPSA) is 84.2 Å². The van der Waals surface area contributed by atoms with Gasteiger partial charge in [-0.05, 0) is 37.5 Å². The van der Waals surface area contributed by atoms with Crippen LogP contribution >= 0.6 is 0 Å². The number of nitrogens with zero attached hydrogens (tertiary/aromatic N) is 2. The standard InChI is InChI=1S/C19H21N3O3/c1-13(14-6-8-15(9-7-14)22-11-10-20-12-22)21-18(23)16-4-2-3-5-17(16)19(24)25/h2-3,6-13,16-17H,4-5H2,1H3,(H,21,23)(H,24,25)/t13-,16+,17-/m0/s1. The molecule has 0 unspecified atom stereocenters. The number of amides is 1. The van der Waals surface area contributed by atoms with E-state index < -0.39 is 17.8 Å². The summed E-state index contributed by atoms with van der Waals surface area (Å²) in [6.45, 7) is 1.90. The fourth-order valence-electron chi connectivity index (χ4n) is 3.13. The molecule has 0 bridgehead atoms. The van der Waals surface area contributed by atoms with E-state index in [-0.39, 0.29) is 11.9 Å². The Bertz CT molecular complexity index is 766. The van der Waals surface area contributed by atoms with Gasteiger partial charge in [0.2, 0.25) is 5.91 Å². The van der Waals surface area contributed by atoms with E-state index >= 15 is 0 Å². The van der Waals surface area contributed by atoms with Gasteiger partial charge in [-0.2, -0.15) is 0 Å². The molecule has 1 amide bonds. The summed E-state index contributed by atoms with van der Waals surface area (Å²) in [6, 6.07) is 7.64. The van der Waals surface area contributed by atoms with Crippen molar-refractivity contribution in [2.45, 2.75) is 25.8 Å². The molecule has 130 valence electrons. The first-order valence-electron chi connectivity index (χ1n) is 8.32. The van der Waals surface area contributed by atoms with Crippen LogP contribution in [0.15, 0.2) is 55.1 Å². The fraction of sp³-hybridized carbons (Fsp3) is 0.316. The highest BCUT2D eigenvalue weighted by atomic mass is 16.4. The summed E-state index contributed by atoms with van der Waals surface area (Å²) < 4.78 is 1.90. The van der Waals surface area contributed by atoms with Crippen molar-refractivity contribution in [1.29, 1.82) is 0 Å². The van der Waals surface area contributed by atoms with Crippen LogP contribution in [-0.2, 0) is 9.59 Å². The van der Waals surface area contributed by atoms with Crippen LogP contribution in [0.5, 0.6) is 0 Å².